The van der Waals surface area contributed by atoms with Gasteiger partial charge in [0.15, 0.2) is 0 Å². The SMILES string of the molecule is Cc1cc(C)nc(Oc2cccc(NC(=O)c3sc(-c4ccc(F)cc4)nc3C)c2)n1. The number of aromatic nitrogens is 3. The van der Waals surface area contributed by atoms with Gasteiger partial charge in [-0.3, -0.25) is 4.79 Å². The third-order valence-corrected chi connectivity index (χ3v) is 5.56. The van der Waals surface area contributed by atoms with Crippen LogP contribution in [0.3, 0.4) is 0 Å². The Morgan fingerprint density at radius 3 is 2.39 bits per heavy atom. The number of hydrogen-bond donors (Lipinski definition) is 1. The molecule has 0 saturated carbocycles. The van der Waals surface area contributed by atoms with Gasteiger partial charge in [0.25, 0.3) is 5.91 Å². The monoisotopic (exact) mass is 434 g/mol. The number of thiazole rings is 1. The molecule has 0 radical (unpaired) electrons. The van der Waals surface area contributed by atoms with Crippen LogP contribution in [0.15, 0.2) is 54.6 Å². The largest absolute Gasteiger partial charge is 0.424 e. The van der Waals surface area contributed by atoms with E-state index in [1.807, 2.05) is 19.9 Å². The summed E-state index contributed by atoms with van der Waals surface area (Å²) in [7, 11) is 0. The molecule has 0 saturated heterocycles. The second-order valence-corrected chi connectivity index (χ2v) is 7.96. The number of aryl methyl sites for hydroxylation is 3. The summed E-state index contributed by atoms with van der Waals surface area (Å²) in [4.78, 5) is 26.3. The first-order valence-corrected chi connectivity index (χ1v) is 10.3. The lowest BCUT2D eigenvalue weighted by Crippen LogP contribution is -2.11. The normalized spacial score (nSPS) is 10.7. The molecule has 1 N–H and O–H groups in total. The molecule has 0 unspecified atom stereocenters. The van der Waals surface area contributed by atoms with E-state index in [4.69, 9.17) is 4.74 Å². The summed E-state index contributed by atoms with van der Waals surface area (Å²) < 4.78 is 18.9. The van der Waals surface area contributed by atoms with Gasteiger partial charge in [0, 0.05) is 28.7 Å². The molecule has 2 aromatic carbocycles. The van der Waals surface area contributed by atoms with Crippen molar-refractivity contribution in [2.24, 2.45) is 0 Å². The van der Waals surface area contributed by atoms with E-state index in [2.05, 4.69) is 20.3 Å². The van der Waals surface area contributed by atoms with Crippen molar-refractivity contribution in [2.45, 2.75) is 20.8 Å². The first-order valence-electron chi connectivity index (χ1n) is 9.52. The van der Waals surface area contributed by atoms with E-state index in [0.29, 0.717) is 27.0 Å². The molecule has 2 heterocycles. The van der Waals surface area contributed by atoms with Crippen LogP contribution in [-0.2, 0) is 0 Å². The first kappa shape index (κ1) is 20.6. The van der Waals surface area contributed by atoms with Crippen LogP contribution in [0.2, 0.25) is 0 Å². The highest BCUT2D eigenvalue weighted by Gasteiger charge is 2.17. The number of anilines is 1. The summed E-state index contributed by atoms with van der Waals surface area (Å²) in [6.07, 6.45) is 0. The van der Waals surface area contributed by atoms with E-state index in [1.165, 1.54) is 23.5 Å². The number of rotatable bonds is 5. The van der Waals surface area contributed by atoms with Crippen molar-refractivity contribution in [3.05, 3.63) is 82.4 Å². The molecule has 0 bridgehead atoms. The maximum Gasteiger partial charge on any atom is 0.322 e. The molecule has 8 heteroatoms. The van der Waals surface area contributed by atoms with Gasteiger partial charge in [0.2, 0.25) is 0 Å². The standard InChI is InChI=1S/C23H19FN4O2S/c1-13-11-14(2)26-23(25-13)30-19-6-4-5-18(12-19)28-21(29)20-15(3)27-22(31-20)16-7-9-17(24)10-8-16/h4-12H,1-3H3,(H,28,29). The van der Waals surface area contributed by atoms with Gasteiger partial charge in [-0.25, -0.2) is 19.3 Å². The van der Waals surface area contributed by atoms with Gasteiger partial charge in [-0.05, 0) is 63.2 Å². The molecule has 156 valence electrons. The van der Waals surface area contributed by atoms with E-state index in [-0.39, 0.29) is 17.7 Å². The molecule has 0 aliphatic heterocycles. The summed E-state index contributed by atoms with van der Waals surface area (Å²) >= 11 is 1.26. The molecule has 4 rings (SSSR count). The van der Waals surface area contributed by atoms with Crippen molar-refractivity contribution in [1.82, 2.24) is 15.0 Å². The van der Waals surface area contributed by atoms with Crippen LogP contribution < -0.4 is 10.1 Å². The van der Waals surface area contributed by atoms with Gasteiger partial charge in [-0.15, -0.1) is 11.3 Å². The molecular weight excluding hydrogens is 415 g/mol. The third kappa shape index (κ3) is 4.92. The highest BCUT2D eigenvalue weighted by atomic mass is 32.1. The molecule has 2 aromatic heterocycles. The van der Waals surface area contributed by atoms with Gasteiger partial charge in [0.1, 0.15) is 21.5 Å². The van der Waals surface area contributed by atoms with Crippen LogP contribution in [0.4, 0.5) is 10.1 Å². The number of hydrogen-bond acceptors (Lipinski definition) is 6. The molecule has 31 heavy (non-hydrogen) atoms. The Bertz CT molecular complexity index is 1230. The Morgan fingerprint density at radius 1 is 0.968 bits per heavy atom. The zero-order chi connectivity index (χ0) is 22.0. The zero-order valence-corrected chi connectivity index (χ0v) is 18.0. The van der Waals surface area contributed by atoms with E-state index < -0.39 is 0 Å². The minimum atomic E-state index is -0.316. The lowest BCUT2D eigenvalue weighted by molar-refractivity contribution is 0.103. The number of nitrogens with zero attached hydrogens (tertiary/aromatic N) is 3. The summed E-state index contributed by atoms with van der Waals surface area (Å²) in [6.45, 7) is 5.51. The van der Waals surface area contributed by atoms with Crippen molar-refractivity contribution in [3.63, 3.8) is 0 Å². The zero-order valence-electron chi connectivity index (χ0n) is 17.1. The number of nitrogens with one attached hydrogen (secondary N) is 1. The smallest absolute Gasteiger partial charge is 0.322 e. The molecule has 0 fully saturated rings. The van der Waals surface area contributed by atoms with Crippen molar-refractivity contribution >= 4 is 22.9 Å². The fourth-order valence-corrected chi connectivity index (χ4v) is 3.96. The van der Waals surface area contributed by atoms with Crippen LogP contribution in [0.1, 0.15) is 26.8 Å². The minimum Gasteiger partial charge on any atom is -0.424 e. The van der Waals surface area contributed by atoms with Crippen LogP contribution in [0.5, 0.6) is 11.8 Å². The molecule has 0 spiro atoms. The van der Waals surface area contributed by atoms with Gasteiger partial charge in [-0.2, -0.15) is 0 Å². The van der Waals surface area contributed by atoms with Gasteiger partial charge in [-0.1, -0.05) is 6.07 Å². The molecule has 6 nitrogen and oxygen atoms in total. The number of halogens is 1. The number of ether oxygens (including phenoxy) is 1. The summed E-state index contributed by atoms with van der Waals surface area (Å²) in [5.41, 5.74) is 3.56. The molecule has 4 aromatic rings. The number of benzene rings is 2. The maximum atomic E-state index is 13.2. The van der Waals surface area contributed by atoms with E-state index >= 15 is 0 Å². The fraction of sp³-hybridized carbons (Fsp3) is 0.130. The average Bonchev–Trinajstić information content (AvgIpc) is 3.10. The Balaban J connectivity index is 1.51. The van der Waals surface area contributed by atoms with Gasteiger partial charge >= 0.3 is 6.01 Å². The predicted molar refractivity (Wildman–Crippen MR) is 118 cm³/mol. The lowest BCUT2D eigenvalue weighted by atomic mass is 10.2. The Hall–Kier alpha value is -3.65. The Morgan fingerprint density at radius 2 is 1.68 bits per heavy atom. The lowest BCUT2D eigenvalue weighted by Gasteiger charge is -2.08. The van der Waals surface area contributed by atoms with Crippen LogP contribution in [0.25, 0.3) is 10.6 Å². The highest BCUT2D eigenvalue weighted by molar-refractivity contribution is 7.17. The van der Waals surface area contributed by atoms with E-state index in [9.17, 15) is 9.18 Å². The predicted octanol–water partition coefficient (Wildman–Crippen LogP) is 5.71. The van der Waals surface area contributed by atoms with Gasteiger partial charge in [0.05, 0.1) is 5.69 Å². The fourth-order valence-electron chi connectivity index (χ4n) is 2.99. The first-order chi connectivity index (χ1) is 14.9. The summed E-state index contributed by atoms with van der Waals surface area (Å²) in [5.74, 6) is -0.0812. The van der Waals surface area contributed by atoms with Crippen molar-refractivity contribution < 1.29 is 13.9 Å². The minimum absolute atomic E-state index is 0.253. The van der Waals surface area contributed by atoms with Crippen molar-refractivity contribution in [1.29, 1.82) is 0 Å². The Labute approximate surface area is 182 Å². The number of carbonyl (C=O) groups is 1. The van der Waals surface area contributed by atoms with Crippen molar-refractivity contribution in [2.75, 3.05) is 5.32 Å². The van der Waals surface area contributed by atoms with Crippen LogP contribution >= 0.6 is 11.3 Å². The van der Waals surface area contributed by atoms with Crippen molar-refractivity contribution in [3.8, 4) is 22.3 Å². The molecule has 1 amide bonds. The molecule has 0 aliphatic rings. The third-order valence-electron chi connectivity index (χ3n) is 4.36. The Kier molecular flexibility index (Phi) is 5.73. The quantitative estimate of drug-likeness (QED) is 0.435. The summed E-state index contributed by atoms with van der Waals surface area (Å²) in [5, 5.41) is 3.53. The van der Waals surface area contributed by atoms with E-state index in [1.54, 1.807) is 43.3 Å². The van der Waals surface area contributed by atoms with Crippen LogP contribution in [0, 0.1) is 26.6 Å². The second-order valence-electron chi connectivity index (χ2n) is 6.96. The average molecular weight is 434 g/mol. The second kappa shape index (κ2) is 8.61. The maximum absolute atomic E-state index is 13.2. The van der Waals surface area contributed by atoms with Gasteiger partial charge < -0.3 is 10.1 Å². The summed E-state index contributed by atoms with van der Waals surface area (Å²) in [6, 6.07) is 15.2. The topological polar surface area (TPSA) is 77.0 Å². The van der Waals surface area contributed by atoms with E-state index in [0.717, 1.165) is 17.0 Å². The number of carbonyl (C=O) groups excluding carboxylic acids is 1. The highest BCUT2D eigenvalue weighted by Crippen LogP contribution is 2.29. The van der Waals surface area contributed by atoms with Crippen LogP contribution in [-0.4, -0.2) is 20.9 Å². The molecule has 0 atom stereocenters. The molecular formula is C23H19FN4O2S. The number of amides is 1. The molecule has 0 aliphatic carbocycles.